The lowest BCUT2D eigenvalue weighted by Crippen LogP contribution is -2.06. The van der Waals surface area contributed by atoms with Crippen LogP contribution in [-0.2, 0) is 11.2 Å². The maximum atomic E-state index is 11.5. The van der Waals surface area contributed by atoms with Crippen LogP contribution in [0.15, 0.2) is 27.4 Å². The van der Waals surface area contributed by atoms with Gasteiger partial charge in [-0.25, -0.2) is 4.79 Å². The lowest BCUT2D eigenvalue weighted by atomic mass is 10.0. The average molecular weight is 276 g/mol. The van der Waals surface area contributed by atoms with Crippen molar-refractivity contribution >= 4 is 16.9 Å². The second kappa shape index (κ2) is 5.77. The Kier molecular flexibility index (Phi) is 4.08. The number of aromatic hydroxyl groups is 1. The number of phenols is 1. The van der Waals surface area contributed by atoms with Gasteiger partial charge in [-0.1, -0.05) is 20.3 Å². The van der Waals surface area contributed by atoms with Crippen LogP contribution in [0.25, 0.3) is 11.0 Å². The number of ether oxygens (including phenoxy) is 1. The van der Waals surface area contributed by atoms with Gasteiger partial charge in [0.05, 0.1) is 5.39 Å². The number of rotatable bonds is 4. The molecule has 0 amide bonds. The molecule has 0 radical (unpaired) electrons. The summed E-state index contributed by atoms with van der Waals surface area (Å²) in [5, 5.41) is 10.6. The second-order valence-corrected chi connectivity index (χ2v) is 4.48. The molecule has 1 heterocycles. The van der Waals surface area contributed by atoms with Crippen molar-refractivity contribution in [1.29, 1.82) is 0 Å². The number of aryl methyl sites for hydroxylation is 1. The Labute approximate surface area is 115 Å². The summed E-state index contributed by atoms with van der Waals surface area (Å²) in [6.07, 6.45) is 1.72. The number of hydrogen-bond donors (Lipinski definition) is 1. The van der Waals surface area contributed by atoms with Crippen molar-refractivity contribution in [2.45, 2.75) is 33.1 Å². The highest BCUT2D eigenvalue weighted by Crippen LogP contribution is 2.32. The fraction of sp³-hybridized carbons (Fsp3) is 0.333. The van der Waals surface area contributed by atoms with E-state index in [4.69, 9.17) is 9.15 Å². The summed E-state index contributed by atoms with van der Waals surface area (Å²) in [6, 6.07) is 4.18. The van der Waals surface area contributed by atoms with Crippen LogP contribution in [0.1, 0.15) is 32.3 Å². The van der Waals surface area contributed by atoms with Crippen LogP contribution in [0.3, 0.4) is 0 Å². The number of carbonyl (C=O) groups excluding carboxylic acids is 1. The molecule has 1 aromatic carbocycles. The third kappa shape index (κ3) is 2.82. The van der Waals surface area contributed by atoms with E-state index in [2.05, 4.69) is 0 Å². The van der Waals surface area contributed by atoms with E-state index in [9.17, 15) is 14.7 Å². The van der Waals surface area contributed by atoms with Crippen LogP contribution in [0.4, 0.5) is 0 Å². The van der Waals surface area contributed by atoms with Crippen LogP contribution in [0.2, 0.25) is 0 Å². The molecule has 0 saturated heterocycles. The van der Waals surface area contributed by atoms with Gasteiger partial charge in [0.1, 0.15) is 17.1 Å². The third-order valence-corrected chi connectivity index (χ3v) is 2.92. The van der Waals surface area contributed by atoms with E-state index in [0.717, 1.165) is 12.0 Å². The van der Waals surface area contributed by atoms with Crippen LogP contribution in [0.5, 0.6) is 11.5 Å². The molecule has 0 bridgehead atoms. The SMILES string of the molecule is CCCc1cc(=O)oc2cc(OC(=O)CC)cc(O)c12. The molecule has 1 aromatic heterocycles. The minimum atomic E-state index is -0.487. The lowest BCUT2D eigenvalue weighted by Gasteiger charge is -2.09. The molecule has 20 heavy (non-hydrogen) atoms. The van der Waals surface area contributed by atoms with Crippen molar-refractivity contribution in [2.24, 2.45) is 0 Å². The topological polar surface area (TPSA) is 76.7 Å². The molecule has 0 atom stereocenters. The highest BCUT2D eigenvalue weighted by molar-refractivity contribution is 5.88. The number of hydrogen-bond acceptors (Lipinski definition) is 5. The molecule has 0 fully saturated rings. The molecule has 0 aliphatic carbocycles. The molecular formula is C15H16O5. The molecule has 0 aliphatic rings. The third-order valence-electron chi connectivity index (χ3n) is 2.92. The Morgan fingerprint density at radius 2 is 2.05 bits per heavy atom. The van der Waals surface area contributed by atoms with Crippen molar-refractivity contribution < 1.29 is 19.1 Å². The number of phenolic OH excluding ortho intramolecular Hbond substituents is 1. The Balaban J connectivity index is 2.60. The Morgan fingerprint density at radius 3 is 2.70 bits per heavy atom. The molecule has 0 aliphatic heterocycles. The molecule has 5 nitrogen and oxygen atoms in total. The quantitative estimate of drug-likeness (QED) is 0.528. The first kappa shape index (κ1) is 14.1. The fourth-order valence-corrected chi connectivity index (χ4v) is 2.06. The summed E-state index contributed by atoms with van der Waals surface area (Å²) in [5.41, 5.74) is 0.462. The zero-order valence-electron chi connectivity index (χ0n) is 11.4. The zero-order valence-corrected chi connectivity index (χ0v) is 11.4. The standard InChI is InChI=1S/C15H16O5/c1-3-5-9-6-14(18)20-12-8-10(19-13(17)4-2)7-11(16)15(9)12/h6-8,16H,3-5H2,1-2H3. The number of benzene rings is 1. The van der Waals surface area contributed by atoms with Crippen molar-refractivity contribution in [2.75, 3.05) is 0 Å². The van der Waals surface area contributed by atoms with Gasteiger partial charge in [-0.15, -0.1) is 0 Å². The summed E-state index contributed by atoms with van der Waals surface area (Å²) in [5.74, 6) is -0.317. The largest absolute Gasteiger partial charge is 0.507 e. The summed E-state index contributed by atoms with van der Waals surface area (Å²) in [6.45, 7) is 3.65. The Bertz CT molecular complexity index is 699. The van der Waals surface area contributed by atoms with Gasteiger partial charge in [-0.3, -0.25) is 4.79 Å². The predicted molar refractivity (Wildman–Crippen MR) is 74.1 cm³/mol. The monoisotopic (exact) mass is 276 g/mol. The minimum absolute atomic E-state index is 0.0615. The Morgan fingerprint density at radius 1 is 1.30 bits per heavy atom. The van der Waals surface area contributed by atoms with E-state index in [0.29, 0.717) is 11.8 Å². The molecule has 0 unspecified atom stereocenters. The number of carbonyl (C=O) groups is 1. The summed E-state index contributed by atoms with van der Waals surface area (Å²) in [4.78, 5) is 22.8. The van der Waals surface area contributed by atoms with Crippen LogP contribution >= 0.6 is 0 Å². The van der Waals surface area contributed by atoms with Gasteiger partial charge in [0.2, 0.25) is 0 Å². The molecule has 1 N–H and O–H groups in total. The first-order valence-corrected chi connectivity index (χ1v) is 6.55. The first-order valence-electron chi connectivity index (χ1n) is 6.55. The van der Waals surface area contributed by atoms with Gasteiger partial charge in [0.25, 0.3) is 0 Å². The molecular weight excluding hydrogens is 260 g/mol. The smallest absolute Gasteiger partial charge is 0.336 e. The molecule has 5 heteroatoms. The Hall–Kier alpha value is -2.30. The molecule has 0 saturated carbocycles. The summed E-state index contributed by atoms with van der Waals surface area (Å²) in [7, 11) is 0. The van der Waals surface area contributed by atoms with Gasteiger partial charge in [0, 0.05) is 24.6 Å². The van der Waals surface area contributed by atoms with Gasteiger partial charge in [0.15, 0.2) is 0 Å². The van der Waals surface area contributed by atoms with Crippen molar-refractivity contribution in [3.63, 3.8) is 0 Å². The van der Waals surface area contributed by atoms with E-state index in [1.165, 1.54) is 18.2 Å². The van der Waals surface area contributed by atoms with E-state index in [1.54, 1.807) is 6.92 Å². The maximum Gasteiger partial charge on any atom is 0.336 e. The fourth-order valence-electron chi connectivity index (χ4n) is 2.06. The average Bonchev–Trinajstić information content (AvgIpc) is 2.37. The normalized spacial score (nSPS) is 10.7. The maximum absolute atomic E-state index is 11.5. The van der Waals surface area contributed by atoms with Gasteiger partial charge in [-0.2, -0.15) is 0 Å². The number of fused-ring (bicyclic) bond motifs is 1. The minimum Gasteiger partial charge on any atom is -0.507 e. The van der Waals surface area contributed by atoms with Gasteiger partial charge < -0.3 is 14.3 Å². The highest BCUT2D eigenvalue weighted by atomic mass is 16.5. The number of esters is 1. The lowest BCUT2D eigenvalue weighted by molar-refractivity contribution is -0.134. The molecule has 2 rings (SSSR count). The van der Waals surface area contributed by atoms with Gasteiger partial charge in [-0.05, 0) is 12.0 Å². The molecule has 2 aromatic rings. The summed E-state index contributed by atoms with van der Waals surface area (Å²) >= 11 is 0. The van der Waals surface area contributed by atoms with Crippen molar-refractivity contribution in [3.8, 4) is 11.5 Å². The second-order valence-electron chi connectivity index (χ2n) is 4.48. The first-order chi connectivity index (χ1) is 9.55. The molecule has 0 spiro atoms. The van der Waals surface area contributed by atoms with E-state index >= 15 is 0 Å². The van der Waals surface area contributed by atoms with Crippen LogP contribution in [0, 0.1) is 0 Å². The van der Waals surface area contributed by atoms with Crippen molar-refractivity contribution in [1.82, 2.24) is 0 Å². The molecule has 106 valence electrons. The van der Waals surface area contributed by atoms with E-state index in [1.807, 2.05) is 6.92 Å². The van der Waals surface area contributed by atoms with E-state index in [-0.39, 0.29) is 23.5 Å². The zero-order chi connectivity index (χ0) is 14.7. The predicted octanol–water partition coefficient (Wildman–Crippen LogP) is 2.77. The highest BCUT2D eigenvalue weighted by Gasteiger charge is 2.13. The van der Waals surface area contributed by atoms with Crippen LogP contribution < -0.4 is 10.4 Å². The summed E-state index contributed by atoms with van der Waals surface area (Å²) < 4.78 is 10.1. The van der Waals surface area contributed by atoms with E-state index < -0.39 is 11.6 Å². The van der Waals surface area contributed by atoms with Crippen LogP contribution in [-0.4, -0.2) is 11.1 Å². The van der Waals surface area contributed by atoms with Gasteiger partial charge >= 0.3 is 11.6 Å². The van der Waals surface area contributed by atoms with Crippen molar-refractivity contribution in [3.05, 3.63) is 34.2 Å².